The molecule has 2 aromatic heterocycles. The zero-order valence-corrected chi connectivity index (χ0v) is 23.2. The van der Waals surface area contributed by atoms with Gasteiger partial charge < -0.3 is 5.11 Å². The second kappa shape index (κ2) is 13.2. The number of nitrogens with zero attached hydrogens (tertiary/aromatic N) is 3. The zero-order valence-electron chi connectivity index (χ0n) is 23.2. The van der Waals surface area contributed by atoms with Crippen molar-refractivity contribution < 1.29 is 9.90 Å². The van der Waals surface area contributed by atoms with E-state index in [9.17, 15) is 9.90 Å². The first-order chi connectivity index (χ1) is 18.8. The second-order valence-electron chi connectivity index (χ2n) is 11.1. The maximum atomic E-state index is 12.3. The Labute approximate surface area is 232 Å². The summed E-state index contributed by atoms with van der Waals surface area (Å²) in [6, 6.07) is 26.4. The number of rotatable bonds is 5. The van der Waals surface area contributed by atoms with E-state index < -0.39 is 11.6 Å². The van der Waals surface area contributed by atoms with Crippen LogP contribution in [0, 0.1) is 5.92 Å². The van der Waals surface area contributed by atoms with Gasteiger partial charge in [-0.05, 0) is 73.9 Å². The van der Waals surface area contributed by atoms with Crippen molar-refractivity contribution in [2.45, 2.75) is 64.5 Å². The van der Waals surface area contributed by atoms with Crippen LogP contribution >= 0.6 is 0 Å². The number of pyridine rings is 2. The molecule has 39 heavy (non-hydrogen) atoms. The summed E-state index contributed by atoms with van der Waals surface area (Å²) in [5.41, 5.74) is 5.04. The molecule has 1 N–H and O–H groups in total. The summed E-state index contributed by atoms with van der Waals surface area (Å²) >= 11 is 0. The van der Waals surface area contributed by atoms with Crippen LogP contribution in [0.15, 0.2) is 104 Å². The van der Waals surface area contributed by atoms with Crippen LogP contribution < -0.4 is 0 Å². The molecule has 2 heterocycles. The summed E-state index contributed by atoms with van der Waals surface area (Å²) in [5.74, 6) is 0.335. The molecule has 5 rings (SSSR count). The van der Waals surface area contributed by atoms with Gasteiger partial charge in [-0.15, -0.1) is 0 Å². The van der Waals surface area contributed by atoms with Gasteiger partial charge in [0.1, 0.15) is 0 Å². The van der Waals surface area contributed by atoms with Crippen LogP contribution in [-0.4, -0.2) is 31.6 Å². The summed E-state index contributed by atoms with van der Waals surface area (Å²) in [7, 11) is 0. The molecule has 5 heteroatoms. The monoisotopic (exact) mass is 521 g/mol. The predicted octanol–water partition coefficient (Wildman–Crippen LogP) is 8.90. The molecule has 5 nitrogen and oxygen atoms in total. The van der Waals surface area contributed by atoms with Crippen molar-refractivity contribution in [3.8, 4) is 22.3 Å². The van der Waals surface area contributed by atoms with Crippen LogP contribution in [-0.2, 0) is 0 Å². The van der Waals surface area contributed by atoms with Gasteiger partial charge in [0.25, 0.3) is 0 Å². The lowest BCUT2D eigenvalue weighted by atomic mass is 9.79. The summed E-state index contributed by atoms with van der Waals surface area (Å²) in [4.78, 5) is 22.5. The Morgan fingerprint density at radius 1 is 0.769 bits per heavy atom. The highest BCUT2D eigenvalue weighted by Crippen LogP contribution is 2.42. The Kier molecular flexibility index (Phi) is 9.48. The molecule has 1 aliphatic carbocycles. The molecule has 0 saturated heterocycles. The highest BCUT2D eigenvalue weighted by molar-refractivity contribution is 5.68. The Hall–Kier alpha value is -3.99. The quantitative estimate of drug-likeness (QED) is 0.285. The van der Waals surface area contributed by atoms with Crippen LogP contribution in [0.25, 0.3) is 22.3 Å². The van der Waals surface area contributed by atoms with Crippen molar-refractivity contribution in [2.24, 2.45) is 5.92 Å². The van der Waals surface area contributed by atoms with Gasteiger partial charge in [0, 0.05) is 35.9 Å². The Morgan fingerprint density at radius 3 is 1.87 bits per heavy atom. The molecule has 0 aliphatic heterocycles. The first-order valence-electron chi connectivity index (χ1n) is 13.8. The molecule has 1 saturated carbocycles. The number of carboxylic acid groups (broad SMARTS) is 1. The summed E-state index contributed by atoms with van der Waals surface area (Å²) in [5, 5.41) is 10.1. The first-order valence-corrected chi connectivity index (χ1v) is 13.8. The normalized spacial score (nSPS) is 14.5. The first kappa shape index (κ1) is 28.0. The van der Waals surface area contributed by atoms with Crippen molar-refractivity contribution in [2.75, 3.05) is 0 Å². The van der Waals surface area contributed by atoms with Gasteiger partial charge in [-0.1, -0.05) is 86.0 Å². The summed E-state index contributed by atoms with van der Waals surface area (Å²) < 4.78 is 0. The van der Waals surface area contributed by atoms with Crippen LogP contribution in [0.5, 0.6) is 0 Å². The maximum absolute atomic E-state index is 12.3. The molecule has 0 spiro atoms. The van der Waals surface area contributed by atoms with E-state index in [1.165, 1.54) is 24.8 Å². The molecule has 1 fully saturated rings. The molecule has 0 bridgehead atoms. The third-order valence-corrected chi connectivity index (χ3v) is 7.28. The van der Waals surface area contributed by atoms with Gasteiger partial charge in [0.2, 0.25) is 0 Å². The molecular formula is C34H39N3O2. The lowest BCUT2D eigenvalue weighted by Gasteiger charge is -2.44. The molecule has 1 unspecified atom stereocenters. The van der Waals surface area contributed by atoms with Gasteiger partial charge in [-0.2, -0.15) is 0 Å². The largest absolute Gasteiger partial charge is 0.465 e. The van der Waals surface area contributed by atoms with Crippen LogP contribution in [0.2, 0.25) is 0 Å². The van der Waals surface area contributed by atoms with Crippen molar-refractivity contribution in [1.82, 2.24) is 14.9 Å². The van der Waals surface area contributed by atoms with E-state index in [1.807, 2.05) is 81.8 Å². The third-order valence-electron chi connectivity index (χ3n) is 7.28. The minimum atomic E-state index is -0.858. The fraction of sp³-hybridized carbons (Fsp3) is 0.324. The Bertz CT molecular complexity index is 1260. The van der Waals surface area contributed by atoms with Crippen molar-refractivity contribution in [3.05, 3.63) is 109 Å². The number of aromatic nitrogens is 2. The van der Waals surface area contributed by atoms with Crippen LogP contribution in [0.3, 0.4) is 0 Å². The minimum absolute atomic E-state index is 0.168. The molecule has 1 atom stereocenters. The maximum Gasteiger partial charge on any atom is 0.408 e. The Balaban J connectivity index is 0.000000243. The van der Waals surface area contributed by atoms with E-state index >= 15 is 0 Å². The number of amides is 1. The zero-order chi connectivity index (χ0) is 27.7. The molecule has 2 aromatic carbocycles. The topological polar surface area (TPSA) is 66.3 Å². The van der Waals surface area contributed by atoms with E-state index in [1.54, 1.807) is 11.1 Å². The highest BCUT2D eigenvalue weighted by Gasteiger charge is 2.39. The summed E-state index contributed by atoms with van der Waals surface area (Å²) in [6.07, 6.45) is 12.2. The summed E-state index contributed by atoms with van der Waals surface area (Å²) in [6.45, 7) is 5.93. The van der Waals surface area contributed by atoms with Gasteiger partial charge in [0.05, 0.1) is 6.04 Å². The third kappa shape index (κ3) is 7.53. The standard InChI is InChI=1S/C23H30N2O2.C11H9N/c1-23(2,3)25(22(26)27)21(18-12-8-5-9-13-18)20-14-19(15-24-16-20)17-10-6-4-7-11-17;1-2-5-10(6-3-1)11-7-4-8-12-9-11/h4,6-7,10-11,14-16,18,21H,5,8-9,12-13H2,1-3H3,(H,26,27);1-9H. The van der Waals surface area contributed by atoms with Gasteiger partial charge in [-0.3, -0.25) is 14.9 Å². The molecule has 202 valence electrons. The number of hydrogen-bond acceptors (Lipinski definition) is 3. The molecular weight excluding hydrogens is 482 g/mol. The van der Waals surface area contributed by atoms with E-state index in [0.717, 1.165) is 35.1 Å². The van der Waals surface area contributed by atoms with Crippen LogP contribution in [0.4, 0.5) is 4.79 Å². The average molecular weight is 522 g/mol. The van der Waals surface area contributed by atoms with Gasteiger partial charge >= 0.3 is 6.09 Å². The fourth-order valence-electron chi connectivity index (χ4n) is 5.48. The molecule has 1 aliphatic rings. The smallest absolute Gasteiger partial charge is 0.408 e. The predicted molar refractivity (Wildman–Crippen MR) is 158 cm³/mol. The van der Waals surface area contributed by atoms with Gasteiger partial charge in [-0.25, -0.2) is 4.79 Å². The molecule has 1 amide bonds. The SMILES string of the molecule is CC(C)(C)N(C(=O)O)C(c1cncc(-c2ccccc2)c1)C1CCCCC1.c1ccc(-c2cccnc2)cc1. The van der Waals surface area contributed by atoms with Gasteiger partial charge in [0.15, 0.2) is 0 Å². The van der Waals surface area contributed by atoms with Crippen molar-refractivity contribution in [3.63, 3.8) is 0 Å². The lowest BCUT2D eigenvalue weighted by molar-refractivity contribution is 0.0389. The number of benzene rings is 2. The van der Waals surface area contributed by atoms with Crippen molar-refractivity contribution in [1.29, 1.82) is 0 Å². The second-order valence-corrected chi connectivity index (χ2v) is 11.1. The average Bonchev–Trinajstić information content (AvgIpc) is 2.97. The number of carbonyl (C=O) groups is 1. The lowest BCUT2D eigenvalue weighted by Crippen LogP contribution is -2.49. The fourth-order valence-corrected chi connectivity index (χ4v) is 5.48. The molecule has 4 aromatic rings. The molecule has 0 radical (unpaired) electrons. The van der Waals surface area contributed by atoms with E-state index in [0.29, 0.717) is 5.92 Å². The van der Waals surface area contributed by atoms with Crippen molar-refractivity contribution >= 4 is 6.09 Å². The van der Waals surface area contributed by atoms with Crippen LogP contribution in [0.1, 0.15) is 64.5 Å². The minimum Gasteiger partial charge on any atom is -0.465 e. The van der Waals surface area contributed by atoms with E-state index in [4.69, 9.17) is 0 Å². The van der Waals surface area contributed by atoms with E-state index in [2.05, 4.69) is 46.4 Å². The number of hydrogen-bond donors (Lipinski definition) is 1. The van der Waals surface area contributed by atoms with E-state index in [-0.39, 0.29) is 6.04 Å². The highest BCUT2D eigenvalue weighted by atomic mass is 16.4. The Morgan fingerprint density at radius 2 is 1.33 bits per heavy atom.